The monoisotopic (exact) mass is 648 g/mol. The molecule has 0 aliphatic rings. The molecule has 0 heterocycles. The molecule has 4 aromatic rings. The number of carbonyl (C=O) groups is 4. The van der Waals surface area contributed by atoms with E-state index in [1.807, 2.05) is 24.3 Å². The molecule has 0 saturated carbocycles. The minimum absolute atomic E-state index is 0.255. The van der Waals surface area contributed by atoms with Gasteiger partial charge in [0.05, 0.1) is 11.1 Å². The average molecular weight is 650 g/mol. The lowest BCUT2D eigenvalue weighted by atomic mass is 10.2. The fourth-order valence-electron chi connectivity index (χ4n) is 2.78. The summed E-state index contributed by atoms with van der Waals surface area (Å²) in [6.07, 6.45) is 0. The van der Waals surface area contributed by atoms with Crippen LogP contribution in [0.3, 0.4) is 0 Å². The van der Waals surface area contributed by atoms with Crippen molar-refractivity contribution in [1.82, 2.24) is 0 Å². The minimum Gasteiger partial charge on any atom is -0.478 e. The first-order chi connectivity index (χ1) is 19.1. The third kappa shape index (κ3) is 10.3. The van der Waals surface area contributed by atoms with Crippen molar-refractivity contribution >= 4 is 88.8 Å². The summed E-state index contributed by atoms with van der Waals surface area (Å²) in [7, 11) is 6.07. The lowest BCUT2D eigenvalue weighted by Crippen LogP contribution is -1.94. The summed E-state index contributed by atoms with van der Waals surface area (Å²) in [5.74, 6) is -1.89. The zero-order valence-corrected chi connectivity index (χ0v) is 24.9. The largest absolute Gasteiger partial charge is 0.478 e. The van der Waals surface area contributed by atoms with E-state index in [4.69, 9.17) is 33.4 Å². The minimum atomic E-state index is -0.946. The Morgan fingerprint density at radius 1 is 0.400 bits per heavy atom. The van der Waals surface area contributed by atoms with Crippen LogP contribution in [0.1, 0.15) is 41.4 Å². The lowest BCUT2D eigenvalue weighted by Gasteiger charge is -2.02. The predicted molar refractivity (Wildman–Crippen MR) is 163 cm³/mol. The predicted octanol–water partition coefficient (Wildman–Crippen LogP) is 9.13. The van der Waals surface area contributed by atoms with Crippen molar-refractivity contribution < 1.29 is 29.4 Å². The smallest absolute Gasteiger partial charge is 0.335 e. The Bertz CT molecular complexity index is 1250. The second-order valence-corrected chi connectivity index (χ2v) is 12.8. The normalized spacial score (nSPS) is 10.2. The zero-order valence-electron chi connectivity index (χ0n) is 20.2. The van der Waals surface area contributed by atoms with Crippen LogP contribution in [0.4, 0.5) is 0 Å². The number of halogens is 2. The van der Waals surface area contributed by atoms with Gasteiger partial charge in [0.25, 0.3) is 10.5 Å². The van der Waals surface area contributed by atoms with Crippen molar-refractivity contribution in [2.24, 2.45) is 0 Å². The van der Waals surface area contributed by atoms with Crippen LogP contribution >= 0.6 is 66.4 Å². The van der Waals surface area contributed by atoms with Crippen LogP contribution in [0.5, 0.6) is 0 Å². The molecule has 40 heavy (non-hydrogen) atoms. The maximum absolute atomic E-state index is 10.9. The molecule has 12 heteroatoms. The Hall–Kier alpha value is -2.86. The molecule has 4 rings (SSSR count). The maximum atomic E-state index is 10.9. The van der Waals surface area contributed by atoms with E-state index in [0.717, 1.165) is 19.6 Å². The summed E-state index contributed by atoms with van der Waals surface area (Å²) in [5.41, 5.74) is 1.47. The Morgan fingerprint density at radius 2 is 0.600 bits per heavy atom. The number of carbonyl (C=O) groups excluding carboxylic acids is 2. The fraction of sp³-hybridized carbons (Fsp3) is 0. The van der Waals surface area contributed by atoms with E-state index in [1.165, 1.54) is 21.6 Å². The van der Waals surface area contributed by atoms with Gasteiger partial charge in [-0.05, 0) is 120 Å². The van der Waals surface area contributed by atoms with Gasteiger partial charge in [0.2, 0.25) is 0 Å². The van der Waals surface area contributed by atoms with Crippen LogP contribution in [-0.4, -0.2) is 32.6 Å². The molecule has 0 aliphatic carbocycles. The second-order valence-electron chi connectivity index (χ2n) is 7.59. The van der Waals surface area contributed by atoms with Crippen LogP contribution in [0.2, 0.25) is 0 Å². The van der Waals surface area contributed by atoms with E-state index in [-0.39, 0.29) is 11.1 Å². The molecule has 0 bridgehead atoms. The van der Waals surface area contributed by atoms with Gasteiger partial charge in [-0.3, -0.25) is 9.59 Å². The highest BCUT2D eigenvalue weighted by molar-refractivity contribution is 8.77. The van der Waals surface area contributed by atoms with Crippen molar-refractivity contribution in [3.05, 3.63) is 119 Å². The van der Waals surface area contributed by atoms with E-state index in [1.54, 1.807) is 94.4 Å². The van der Waals surface area contributed by atoms with Gasteiger partial charge in [0.15, 0.2) is 0 Å². The lowest BCUT2D eigenvalue weighted by molar-refractivity contribution is 0.0686. The number of benzene rings is 4. The zero-order chi connectivity index (χ0) is 29.1. The number of carboxylic acid groups (broad SMARTS) is 2. The van der Waals surface area contributed by atoms with Crippen LogP contribution < -0.4 is 0 Å². The van der Waals surface area contributed by atoms with Gasteiger partial charge in [-0.1, -0.05) is 43.2 Å². The van der Waals surface area contributed by atoms with Gasteiger partial charge in [-0.2, -0.15) is 0 Å². The summed E-state index contributed by atoms with van der Waals surface area (Å²) in [6, 6.07) is 27.3. The number of aromatic carboxylic acids is 2. The average Bonchev–Trinajstić information content (AvgIpc) is 2.96. The van der Waals surface area contributed by atoms with Gasteiger partial charge in [0, 0.05) is 30.7 Å². The molecule has 0 fully saturated rings. The van der Waals surface area contributed by atoms with Crippen molar-refractivity contribution in [1.29, 1.82) is 0 Å². The van der Waals surface area contributed by atoms with E-state index in [2.05, 4.69) is 0 Å². The van der Waals surface area contributed by atoms with Crippen LogP contribution in [0.25, 0.3) is 0 Å². The highest BCUT2D eigenvalue weighted by atomic mass is 35.5. The maximum Gasteiger partial charge on any atom is 0.335 e. The first-order valence-electron chi connectivity index (χ1n) is 11.1. The molecule has 204 valence electrons. The Balaban J connectivity index is 0.000000220. The van der Waals surface area contributed by atoms with E-state index >= 15 is 0 Å². The molecule has 6 nitrogen and oxygen atoms in total. The Kier molecular flexibility index (Phi) is 12.5. The van der Waals surface area contributed by atoms with Gasteiger partial charge in [-0.15, -0.1) is 0 Å². The molecule has 0 spiro atoms. The number of hydrogen-bond acceptors (Lipinski definition) is 8. The molecule has 0 unspecified atom stereocenters. The van der Waals surface area contributed by atoms with Crippen LogP contribution in [0, 0.1) is 0 Å². The molecule has 0 atom stereocenters. The van der Waals surface area contributed by atoms with Crippen molar-refractivity contribution in [3.8, 4) is 0 Å². The SMILES string of the molecule is O=C(Cl)c1ccc(SSc2ccc(C(=O)Cl)cc2)cc1.O=C(O)c1ccc(SSc2ccc(C(=O)O)cc2)cc1. The first kappa shape index (κ1) is 31.7. The van der Waals surface area contributed by atoms with E-state index in [0.29, 0.717) is 11.1 Å². The van der Waals surface area contributed by atoms with Gasteiger partial charge in [0.1, 0.15) is 0 Å². The van der Waals surface area contributed by atoms with Crippen molar-refractivity contribution in [2.45, 2.75) is 19.6 Å². The molecule has 4 aromatic carbocycles. The summed E-state index contributed by atoms with van der Waals surface area (Å²) in [6.45, 7) is 0. The third-order valence-corrected chi connectivity index (χ3v) is 10.1. The molecule has 2 N–H and O–H groups in total. The van der Waals surface area contributed by atoms with Crippen molar-refractivity contribution in [3.63, 3.8) is 0 Å². The number of carboxylic acids is 2. The summed E-state index contributed by atoms with van der Waals surface area (Å²) in [5, 5.41) is 16.7. The highest BCUT2D eigenvalue weighted by Crippen LogP contribution is 2.38. The van der Waals surface area contributed by atoms with Crippen LogP contribution in [-0.2, 0) is 0 Å². The van der Waals surface area contributed by atoms with E-state index in [9.17, 15) is 19.2 Å². The summed E-state index contributed by atoms with van der Waals surface area (Å²) >= 11 is 10.8. The van der Waals surface area contributed by atoms with Gasteiger partial charge >= 0.3 is 11.9 Å². The number of hydrogen-bond donors (Lipinski definition) is 2. The quantitative estimate of drug-likeness (QED) is 0.128. The second kappa shape index (κ2) is 15.8. The third-order valence-electron chi connectivity index (χ3n) is 4.83. The number of rotatable bonds is 10. The topological polar surface area (TPSA) is 109 Å². The summed E-state index contributed by atoms with van der Waals surface area (Å²) in [4.78, 5) is 47.2. The van der Waals surface area contributed by atoms with Gasteiger partial charge < -0.3 is 10.2 Å². The van der Waals surface area contributed by atoms with Crippen molar-refractivity contribution in [2.75, 3.05) is 0 Å². The Morgan fingerprint density at radius 3 is 0.775 bits per heavy atom. The molecule has 0 aliphatic heterocycles. The Labute approximate surface area is 255 Å². The highest BCUT2D eigenvalue weighted by Gasteiger charge is 2.06. The molecule has 0 saturated heterocycles. The summed E-state index contributed by atoms with van der Waals surface area (Å²) < 4.78 is 0. The van der Waals surface area contributed by atoms with Gasteiger partial charge in [-0.25, -0.2) is 9.59 Å². The molecule has 0 aromatic heterocycles. The molecular weight excluding hydrogens is 631 g/mol. The molecular formula is C28H18Cl2O6S4. The molecule has 0 amide bonds. The molecule has 0 radical (unpaired) electrons. The first-order valence-corrected chi connectivity index (χ1v) is 16.1. The van der Waals surface area contributed by atoms with Crippen LogP contribution in [0.15, 0.2) is 117 Å². The van der Waals surface area contributed by atoms with E-state index < -0.39 is 22.4 Å². The fourth-order valence-corrected chi connectivity index (χ4v) is 6.90. The standard InChI is InChI=1S/C14H8Cl2O2S2.C14H10O4S2/c15-13(17)9-1-5-11(6-2-9)19-20-12-7-3-10(4-8-12)14(16)18;15-13(16)9-1-5-11(6-2-9)19-20-12-7-3-10(4-8-12)14(17)18/h1-8H;1-8H,(H,15,16)(H,17,18).